The van der Waals surface area contributed by atoms with Crippen LogP contribution in [0.5, 0.6) is 0 Å². The van der Waals surface area contributed by atoms with Gasteiger partial charge in [0.25, 0.3) is 0 Å². The Bertz CT molecular complexity index is 269. The lowest BCUT2D eigenvalue weighted by molar-refractivity contribution is -0.149. The van der Waals surface area contributed by atoms with Crippen LogP contribution in [0.3, 0.4) is 0 Å². The van der Waals surface area contributed by atoms with Gasteiger partial charge in [-0.25, -0.2) is 0 Å². The topological polar surface area (TPSA) is 38.8 Å². The molecular formula is C13H23NO3. The quantitative estimate of drug-likeness (QED) is 0.703. The van der Waals surface area contributed by atoms with Gasteiger partial charge in [-0.05, 0) is 39.2 Å². The highest BCUT2D eigenvalue weighted by molar-refractivity contribution is 5.75. The Kier molecular flexibility index (Phi) is 4.40. The summed E-state index contributed by atoms with van der Waals surface area (Å²) in [6.45, 7) is 3.99. The number of hydrogen-bond acceptors (Lipinski definition) is 4. The Morgan fingerprint density at radius 2 is 2.18 bits per heavy atom. The summed E-state index contributed by atoms with van der Waals surface area (Å²) in [5.41, 5.74) is 0. The Morgan fingerprint density at radius 3 is 2.82 bits per heavy atom. The zero-order valence-corrected chi connectivity index (χ0v) is 10.9. The molecule has 2 aliphatic heterocycles. The van der Waals surface area contributed by atoms with Gasteiger partial charge in [0, 0.05) is 6.54 Å². The number of rotatable bonds is 3. The van der Waals surface area contributed by atoms with Crippen LogP contribution in [0.25, 0.3) is 0 Å². The highest BCUT2D eigenvalue weighted by atomic mass is 16.5. The molecule has 0 radical (unpaired) electrons. The molecular weight excluding hydrogens is 218 g/mol. The van der Waals surface area contributed by atoms with Crippen LogP contribution in [-0.4, -0.2) is 49.3 Å². The van der Waals surface area contributed by atoms with E-state index in [0.717, 1.165) is 38.8 Å². The van der Waals surface area contributed by atoms with E-state index in [0.29, 0.717) is 12.2 Å². The second kappa shape index (κ2) is 5.83. The lowest BCUT2D eigenvalue weighted by atomic mass is 10.0. The van der Waals surface area contributed by atoms with Crippen molar-refractivity contribution in [2.24, 2.45) is 0 Å². The first-order valence-electron chi connectivity index (χ1n) is 6.68. The van der Waals surface area contributed by atoms with Crippen molar-refractivity contribution < 1.29 is 14.3 Å². The van der Waals surface area contributed by atoms with Crippen molar-refractivity contribution in [3.05, 3.63) is 0 Å². The van der Waals surface area contributed by atoms with Crippen molar-refractivity contribution >= 4 is 5.97 Å². The average molecular weight is 241 g/mol. The van der Waals surface area contributed by atoms with Gasteiger partial charge < -0.3 is 9.47 Å². The molecule has 3 atom stereocenters. The van der Waals surface area contributed by atoms with Gasteiger partial charge in [-0.15, -0.1) is 0 Å². The minimum Gasteiger partial charge on any atom is -0.468 e. The van der Waals surface area contributed by atoms with Crippen LogP contribution in [0, 0.1) is 0 Å². The van der Waals surface area contributed by atoms with Gasteiger partial charge >= 0.3 is 5.97 Å². The maximum atomic E-state index is 11.7. The third-order valence-electron chi connectivity index (χ3n) is 3.84. The first kappa shape index (κ1) is 12.8. The number of methoxy groups -OCH3 is 1. The van der Waals surface area contributed by atoms with E-state index >= 15 is 0 Å². The number of esters is 1. The number of carbonyl (C=O) groups excluding carboxylic acids is 1. The molecule has 0 aromatic rings. The first-order chi connectivity index (χ1) is 8.20. The fourth-order valence-electron chi connectivity index (χ4n) is 2.89. The summed E-state index contributed by atoms with van der Waals surface area (Å²) < 4.78 is 10.7. The van der Waals surface area contributed by atoms with Crippen molar-refractivity contribution in [1.82, 2.24) is 4.90 Å². The highest BCUT2D eigenvalue weighted by Crippen LogP contribution is 2.24. The number of piperidine rings is 1. The van der Waals surface area contributed by atoms with Crippen molar-refractivity contribution in [1.29, 1.82) is 0 Å². The van der Waals surface area contributed by atoms with Gasteiger partial charge in [-0.3, -0.25) is 9.69 Å². The van der Waals surface area contributed by atoms with Gasteiger partial charge in [-0.1, -0.05) is 6.42 Å². The maximum absolute atomic E-state index is 11.7. The van der Waals surface area contributed by atoms with Crippen molar-refractivity contribution in [3.8, 4) is 0 Å². The van der Waals surface area contributed by atoms with Crippen LogP contribution >= 0.6 is 0 Å². The van der Waals surface area contributed by atoms with E-state index in [2.05, 4.69) is 11.8 Å². The molecule has 2 aliphatic rings. The number of ether oxygens (including phenoxy) is 2. The van der Waals surface area contributed by atoms with Crippen LogP contribution in [0.15, 0.2) is 0 Å². The largest absolute Gasteiger partial charge is 0.468 e. The molecule has 98 valence electrons. The maximum Gasteiger partial charge on any atom is 0.323 e. The Morgan fingerprint density at radius 1 is 1.35 bits per heavy atom. The van der Waals surface area contributed by atoms with Gasteiger partial charge in [0.05, 0.1) is 19.3 Å². The molecule has 0 saturated carbocycles. The summed E-state index contributed by atoms with van der Waals surface area (Å²) in [5.74, 6) is -0.0873. The third kappa shape index (κ3) is 3.19. The molecule has 2 rings (SSSR count). The zero-order chi connectivity index (χ0) is 12.3. The predicted octanol–water partition coefficient (Wildman–Crippen LogP) is 1.58. The fourth-order valence-corrected chi connectivity index (χ4v) is 2.89. The van der Waals surface area contributed by atoms with Crippen LogP contribution < -0.4 is 0 Å². The highest BCUT2D eigenvalue weighted by Gasteiger charge is 2.32. The Labute approximate surface area is 103 Å². The molecule has 2 fully saturated rings. The minimum absolute atomic E-state index is 0.0479. The summed E-state index contributed by atoms with van der Waals surface area (Å²) >= 11 is 0. The molecule has 2 saturated heterocycles. The van der Waals surface area contributed by atoms with Crippen LogP contribution in [0.4, 0.5) is 0 Å². The molecule has 4 heteroatoms. The monoisotopic (exact) mass is 241 g/mol. The second-order valence-corrected chi connectivity index (χ2v) is 5.18. The van der Waals surface area contributed by atoms with E-state index in [1.165, 1.54) is 13.5 Å². The lowest BCUT2D eigenvalue weighted by Gasteiger charge is -2.35. The second-order valence-electron chi connectivity index (χ2n) is 5.18. The summed E-state index contributed by atoms with van der Waals surface area (Å²) in [7, 11) is 1.48. The fraction of sp³-hybridized carbons (Fsp3) is 0.923. The smallest absolute Gasteiger partial charge is 0.323 e. The number of hydrogen-bond donors (Lipinski definition) is 0. The van der Waals surface area contributed by atoms with E-state index in [-0.39, 0.29) is 12.0 Å². The van der Waals surface area contributed by atoms with Crippen LogP contribution in [-0.2, 0) is 14.3 Å². The van der Waals surface area contributed by atoms with E-state index in [9.17, 15) is 4.79 Å². The predicted molar refractivity (Wildman–Crippen MR) is 64.8 cm³/mol. The van der Waals surface area contributed by atoms with E-state index < -0.39 is 0 Å². The molecule has 17 heavy (non-hydrogen) atoms. The molecule has 0 aromatic carbocycles. The van der Waals surface area contributed by atoms with Crippen molar-refractivity contribution in [2.75, 3.05) is 20.2 Å². The normalized spacial score (nSPS) is 34.8. The first-order valence-corrected chi connectivity index (χ1v) is 6.68. The van der Waals surface area contributed by atoms with Gasteiger partial charge in [-0.2, -0.15) is 0 Å². The Hall–Kier alpha value is -0.610. The van der Waals surface area contributed by atoms with E-state index in [4.69, 9.17) is 9.47 Å². The molecule has 2 heterocycles. The number of nitrogens with zero attached hydrogens (tertiary/aromatic N) is 1. The van der Waals surface area contributed by atoms with Crippen LogP contribution in [0.1, 0.15) is 39.0 Å². The van der Waals surface area contributed by atoms with E-state index in [1.54, 1.807) is 0 Å². The van der Waals surface area contributed by atoms with Gasteiger partial charge in [0.15, 0.2) is 0 Å². The van der Waals surface area contributed by atoms with E-state index in [1.807, 2.05) is 0 Å². The molecule has 4 nitrogen and oxygen atoms in total. The summed E-state index contributed by atoms with van der Waals surface area (Å²) in [5, 5.41) is 0. The average Bonchev–Trinajstić information content (AvgIpc) is 2.74. The third-order valence-corrected chi connectivity index (χ3v) is 3.84. The van der Waals surface area contributed by atoms with Gasteiger partial charge in [0.2, 0.25) is 0 Å². The molecule has 0 N–H and O–H groups in total. The summed E-state index contributed by atoms with van der Waals surface area (Å²) in [6.07, 6.45) is 6.16. The molecule has 0 aromatic heterocycles. The van der Waals surface area contributed by atoms with Crippen molar-refractivity contribution in [2.45, 2.75) is 57.3 Å². The molecule has 0 aliphatic carbocycles. The van der Waals surface area contributed by atoms with Crippen molar-refractivity contribution in [3.63, 3.8) is 0 Å². The molecule has 0 bridgehead atoms. The standard InChI is InChI=1S/C13H23NO3/c1-10-6-7-11(17-10)9-14-8-4-3-5-12(14)13(15)16-2/h10-12H,3-9H2,1-2H3. The molecule has 3 unspecified atom stereocenters. The summed E-state index contributed by atoms with van der Waals surface area (Å²) in [4.78, 5) is 14.0. The molecule has 0 amide bonds. The van der Waals surface area contributed by atoms with Crippen LogP contribution in [0.2, 0.25) is 0 Å². The summed E-state index contributed by atoms with van der Waals surface area (Å²) in [6, 6.07) is -0.0479. The minimum atomic E-state index is -0.0873. The van der Waals surface area contributed by atoms with Gasteiger partial charge in [0.1, 0.15) is 6.04 Å². The number of carbonyl (C=O) groups is 1. The molecule has 0 spiro atoms. The SMILES string of the molecule is COC(=O)C1CCCCN1CC1CCC(C)O1. The number of likely N-dealkylation sites (tertiary alicyclic amines) is 1. The lowest BCUT2D eigenvalue weighted by Crippen LogP contribution is -2.48. The Balaban J connectivity index is 1.90. The zero-order valence-electron chi connectivity index (χ0n) is 10.9.